The number of nitrogens with two attached hydrogens (primary N) is 1. The molecule has 0 radical (unpaired) electrons. The van der Waals surface area contributed by atoms with Crippen molar-refractivity contribution in [2.75, 3.05) is 20.3 Å². The first-order valence-electron chi connectivity index (χ1n) is 18.1. The molecule has 1 aromatic heterocycles. The van der Waals surface area contributed by atoms with Gasteiger partial charge in [-0.1, -0.05) is 124 Å². The van der Waals surface area contributed by atoms with Gasteiger partial charge in [0.25, 0.3) is 0 Å². The van der Waals surface area contributed by atoms with Crippen LogP contribution in [0.5, 0.6) is 0 Å². The Morgan fingerprint density at radius 3 is 1.20 bits per heavy atom. The molecule has 8 rings (SSSR count). The van der Waals surface area contributed by atoms with Crippen LogP contribution < -0.4 is 20.3 Å². The second-order valence-electron chi connectivity index (χ2n) is 13.6. The third-order valence-electron chi connectivity index (χ3n) is 9.44. The van der Waals surface area contributed by atoms with Crippen LogP contribution in [0.25, 0.3) is 33.3 Å². The van der Waals surface area contributed by atoms with Crippen LogP contribution >= 0.6 is 12.8 Å². The van der Waals surface area contributed by atoms with Crippen molar-refractivity contribution in [2.45, 2.75) is 20.4 Å². The monoisotopic (exact) mass is 723 g/mol. The third-order valence-corrected chi connectivity index (χ3v) is 9.67. The van der Waals surface area contributed by atoms with Crippen LogP contribution in [0.15, 0.2) is 170 Å². The quantitative estimate of drug-likeness (QED) is 0.0911. The largest absolute Gasteiger partial charge is 0.396 e. The molecule has 0 fully saturated rings. The lowest BCUT2D eigenvalue weighted by molar-refractivity contribution is 0.442. The van der Waals surface area contributed by atoms with Crippen LogP contribution in [0.4, 0.5) is 45.5 Å². The van der Waals surface area contributed by atoms with E-state index in [4.69, 9.17) is 15.9 Å². The number of nitrogens with zero attached hydrogens (tertiary/aromatic N) is 5. The van der Waals surface area contributed by atoms with Crippen molar-refractivity contribution in [1.29, 1.82) is 0 Å². The number of rotatable bonds is 11. The number of thiol groups is 1. The Bertz CT molecular complexity index is 2390. The van der Waals surface area contributed by atoms with E-state index in [9.17, 15) is 0 Å². The Morgan fingerprint density at radius 1 is 0.519 bits per heavy atom. The number of anilines is 8. The number of hydrogen-bond acceptors (Lipinski definition) is 7. The first kappa shape index (κ1) is 34.6. The Kier molecular flexibility index (Phi) is 9.75. The van der Waals surface area contributed by atoms with E-state index >= 15 is 0 Å². The molecule has 8 aromatic rings. The standard InChI is InChI=1S/C46H41N7S/c1-32(2)31-51-48-45-41(33-23-27-39(28-24-33)52(35-15-7-3-8-16-35)36-17-9-4-10-18-36)43(47)44(50-54)42(46(45)49-51)34-25-29-40(30-26-34)53(37-19-11-5-12-20-37)38-21-13-6-14-22-38/h3-30,32,50,54H,31,47H2,1-2H3. The van der Waals surface area contributed by atoms with E-state index in [0.717, 1.165) is 67.4 Å². The van der Waals surface area contributed by atoms with E-state index in [1.807, 2.05) is 24.3 Å². The van der Waals surface area contributed by atoms with Gasteiger partial charge in [0.2, 0.25) is 0 Å². The summed E-state index contributed by atoms with van der Waals surface area (Å²) in [5.74, 6) is 0.348. The summed E-state index contributed by atoms with van der Waals surface area (Å²) in [6.45, 7) is 5.00. The summed E-state index contributed by atoms with van der Waals surface area (Å²) in [6.07, 6.45) is 0. The van der Waals surface area contributed by atoms with E-state index in [2.05, 4.69) is 187 Å². The van der Waals surface area contributed by atoms with Gasteiger partial charge in [-0.3, -0.25) is 0 Å². The molecule has 0 amide bonds. The second kappa shape index (κ2) is 15.2. The molecule has 0 aliphatic carbocycles. The number of benzene rings is 7. The topological polar surface area (TPSA) is 75.2 Å². The first-order valence-corrected chi connectivity index (χ1v) is 18.6. The van der Waals surface area contributed by atoms with Crippen molar-refractivity contribution in [3.63, 3.8) is 0 Å². The van der Waals surface area contributed by atoms with E-state index in [1.54, 1.807) is 4.80 Å². The normalized spacial score (nSPS) is 11.2. The molecule has 0 aliphatic rings. The summed E-state index contributed by atoms with van der Waals surface area (Å²) < 4.78 is 3.15. The van der Waals surface area contributed by atoms with Gasteiger partial charge in [-0.2, -0.15) is 15.0 Å². The Balaban J connectivity index is 1.24. The maximum absolute atomic E-state index is 7.14. The van der Waals surface area contributed by atoms with Crippen LogP contribution in [0.2, 0.25) is 0 Å². The zero-order valence-corrected chi connectivity index (χ0v) is 31.1. The van der Waals surface area contributed by atoms with Gasteiger partial charge in [0.15, 0.2) is 0 Å². The molecule has 0 saturated heterocycles. The van der Waals surface area contributed by atoms with Crippen molar-refractivity contribution in [3.05, 3.63) is 170 Å². The average Bonchev–Trinajstić information content (AvgIpc) is 3.62. The van der Waals surface area contributed by atoms with E-state index in [0.29, 0.717) is 23.8 Å². The Morgan fingerprint density at radius 2 is 0.852 bits per heavy atom. The molecule has 0 aliphatic heterocycles. The molecule has 0 saturated carbocycles. The van der Waals surface area contributed by atoms with Crippen molar-refractivity contribution < 1.29 is 0 Å². The Labute approximate surface area is 321 Å². The second-order valence-corrected chi connectivity index (χ2v) is 13.8. The van der Waals surface area contributed by atoms with Gasteiger partial charge in [0, 0.05) is 45.3 Å². The SMILES string of the molecule is CC(C)Cn1nc2c(-c3ccc(N(c4ccccc4)c4ccccc4)cc3)c(N)c(NS)c(-c3ccc(N(c4ccccc4)c4ccccc4)cc3)c2n1. The maximum atomic E-state index is 7.14. The van der Waals surface area contributed by atoms with Crippen LogP contribution in [-0.2, 0) is 6.54 Å². The fourth-order valence-electron chi connectivity index (χ4n) is 7.05. The summed E-state index contributed by atoms with van der Waals surface area (Å²) >= 11 is 4.62. The summed E-state index contributed by atoms with van der Waals surface area (Å²) in [7, 11) is 0. The predicted molar refractivity (Wildman–Crippen MR) is 230 cm³/mol. The molecule has 266 valence electrons. The van der Waals surface area contributed by atoms with Gasteiger partial charge >= 0.3 is 0 Å². The van der Waals surface area contributed by atoms with E-state index in [-0.39, 0.29) is 0 Å². The van der Waals surface area contributed by atoms with Crippen LogP contribution in [-0.4, -0.2) is 15.0 Å². The summed E-state index contributed by atoms with van der Waals surface area (Å²) in [4.78, 5) is 6.28. The highest BCUT2D eigenvalue weighted by Gasteiger charge is 2.25. The van der Waals surface area contributed by atoms with Crippen LogP contribution in [0.1, 0.15) is 13.8 Å². The van der Waals surface area contributed by atoms with Crippen LogP contribution in [0, 0.1) is 5.92 Å². The lowest BCUT2D eigenvalue weighted by atomic mass is 9.93. The number of fused-ring (bicyclic) bond motifs is 1. The molecular weight excluding hydrogens is 683 g/mol. The molecule has 54 heavy (non-hydrogen) atoms. The smallest absolute Gasteiger partial charge is 0.123 e. The average molecular weight is 724 g/mol. The lowest BCUT2D eigenvalue weighted by Gasteiger charge is -2.26. The maximum Gasteiger partial charge on any atom is 0.123 e. The summed E-state index contributed by atoms with van der Waals surface area (Å²) in [6, 6.07) is 58.5. The number of nitrogens with one attached hydrogen (secondary N) is 1. The van der Waals surface area contributed by atoms with Gasteiger partial charge in [0.1, 0.15) is 11.0 Å². The van der Waals surface area contributed by atoms with Crippen LogP contribution in [0.3, 0.4) is 0 Å². The van der Waals surface area contributed by atoms with Crippen molar-refractivity contribution in [2.24, 2.45) is 5.92 Å². The molecule has 0 atom stereocenters. The fourth-order valence-corrected chi connectivity index (χ4v) is 7.28. The molecule has 0 bridgehead atoms. The lowest BCUT2D eigenvalue weighted by Crippen LogP contribution is -2.09. The summed E-state index contributed by atoms with van der Waals surface area (Å²) in [5, 5.41) is 10.2. The number of hydrogen-bond donors (Lipinski definition) is 3. The third kappa shape index (κ3) is 6.75. The fraction of sp³-hybridized carbons (Fsp3) is 0.0870. The minimum absolute atomic E-state index is 0.348. The number of aromatic nitrogens is 3. The minimum Gasteiger partial charge on any atom is -0.396 e. The highest BCUT2D eigenvalue weighted by molar-refractivity contribution is 7.81. The highest BCUT2D eigenvalue weighted by atomic mass is 32.1. The van der Waals surface area contributed by atoms with Gasteiger partial charge in [-0.15, -0.1) is 0 Å². The molecule has 0 spiro atoms. The molecule has 0 unspecified atom stereocenters. The van der Waals surface area contributed by atoms with Gasteiger partial charge in [-0.05, 0) is 89.8 Å². The zero-order valence-electron chi connectivity index (χ0n) is 30.2. The van der Waals surface area contributed by atoms with Gasteiger partial charge in [0.05, 0.1) is 17.9 Å². The predicted octanol–water partition coefficient (Wildman–Crippen LogP) is 12.2. The molecule has 7 aromatic carbocycles. The molecule has 7 nitrogen and oxygen atoms in total. The number of para-hydroxylation sites is 4. The number of nitrogen functional groups attached to an aromatic ring is 1. The van der Waals surface area contributed by atoms with E-state index < -0.39 is 0 Å². The van der Waals surface area contributed by atoms with Crippen molar-refractivity contribution >= 4 is 69.3 Å². The van der Waals surface area contributed by atoms with Crippen molar-refractivity contribution in [3.8, 4) is 22.3 Å². The minimum atomic E-state index is 0.348. The Hall–Kier alpha value is -6.51. The molecular formula is C46H41N7S. The molecule has 1 heterocycles. The zero-order chi connectivity index (χ0) is 37.0. The van der Waals surface area contributed by atoms with Gasteiger partial charge < -0.3 is 20.3 Å². The highest BCUT2D eigenvalue weighted by Crippen LogP contribution is 2.47. The molecule has 3 N–H and O–H groups in total. The van der Waals surface area contributed by atoms with E-state index in [1.165, 1.54) is 0 Å². The summed E-state index contributed by atoms with van der Waals surface area (Å²) in [5.41, 5.74) is 19.8. The first-order chi connectivity index (χ1) is 26.5. The van der Waals surface area contributed by atoms with Crippen molar-refractivity contribution in [1.82, 2.24) is 15.0 Å². The van der Waals surface area contributed by atoms with Gasteiger partial charge in [-0.25, -0.2) is 0 Å². The molecule has 8 heteroatoms.